The molecule has 0 saturated carbocycles. The van der Waals surface area contributed by atoms with Gasteiger partial charge in [0, 0.05) is 46.8 Å². The summed E-state index contributed by atoms with van der Waals surface area (Å²) >= 11 is 3.90. The van der Waals surface area contributed by atoms with Crippen molar-refractivity contribution in [3.63, 3.8) is 0 Å². The Kier molecular flexibility index (Phi) is 8.40. The van der Waals surface area contributed by atoms with E-state index >= 15 is 0 Å². The second kappa shape index (κ2) is 14.8. The van der Waals surface area contributed by atoms with Crippen LogP contribution in [0, 0.1) is 0 Å². The molecule has 0 unspecified atom stereocenters. The largest absolute Gasteiger partial charge is 0.452 e. The number of aryl methyl sites for hydroxylation is 2. The molecule has 0 fully saturated rings. The van der Waals surface area contributed by atoms with Crippen LogP contribution in [0.15, 0.2) is 180 Å². The highest BCUT2D eigenvalue weighted by Crippen LogP contribution is 2.59. The number of benzene rings is 9. The molecule has 5 aliphatic rings. The third-order valence-electron chi connectivity index (χ3n) is 15.9. The van der Waals surface area contributed by atoms with Gasteiger partial charge in [-0.05, 0) is 99.1 Å². The highest BCUT2D eigenvalue weighted by molar-refractivity contribution is 8.01. The lowest BCUT2D eigenvalue weighted by atomic mass is 9.30. The molecule has 8 heteroatoms. The van der Waals surface area contributed by atoms with Gasteiger partial charge in [0.15, 0.2) is 22.7 Å². The summed E-state index contributed by atoms with van der Waals surface area (Å²) in [5.41, 5.74) is 22.3. The molecule has 7 heterocycles. The average molecular weight is 936 g/mol. The average Bonchev–Trinajstić information content (AvgIpc) is 3.97. The van der Waals surface area contributed by atoms with E-state index in [-0.39, 0.29) is 13.4 Å². The van der Waals surface area contributed by atoms with Gasteiger partial charge in [0.1, 0.15) is 11.2 Å². The molecular weight excluding hydrogens is 892 g/mol. The lowest BCUT2D eigenvalue weighted by molar-refractivity contribution is 0.466. The number of fused-ring (bicyclic) bond motifs is 14. The lowest BCUT2D eigenvalue weighted by Gasteiger charge is -2.49. The Labute approximate surface area is 415 Å². The minimum atomic E-state index is -0.0516. The Balaban J connectivity index is 1.05. The van der Waals surface area contributed by atoms with Crippen LogP contribution >= 0.6 is 23.5 Å². The molecule has 9 aromatic carbocycles. The van der Waals surface area contributed by atoms with E-state index in [2.05, 4.69) is 170 Å². The van der Waals surface area contributed by atoms with Gasteiger partial charge in [-0.3, -0.25) is 0 Å². The topological polar surface area (TPSA) is 38.8 Å². The van der Waals surface area contributed by atoms with Gasteiger partial charge in [0.05, 0.1) is 11.4 Å². The minimum absolute atomic E-state index is 0.0516. The van der Waals surface area contributed by atoms with E-state index in [1.165, 1.54) is 91.4 Å². The van der Waals surface area contributed by atoms with Crippen molar-refractivity contribution in [3.05, 3.63) is 163 Å². The fourth-order valence-electron chi connectivity index (χ4n) is 12.8. The molecule has 0 amide bonds. The molecule has 4 nitrogen and oxygen atoms in total. The molecular formula is C62H43B2NO3S2. The zero-order valence-corrected chi connectivity index (χ0v) is 40.5. The second-order valence-electron chi connectivity index (χ2n) is 19.8. The van der Waals surface area contributed by atoms with Crippen LogP contribution in [0.2, 0.25) is 0 Å². The molecule has 332 valence electrons. The van der Waals surface area contributed by atoms with Crippen molar-refractivity contribution < 1.29 is 13.6 Å². The van der Waals surface area contributed by atoms with Crippen LogP contribution in [0.3, 0.4) is 0 Å². The van der Waals surface area contributed by atoms with Crippen molar-refractivity contribution in [2.75, 3.05) is 4.90 Å². The van der Waals surface area contributed by atoms with Crippen molar-refractivity contribution in [2.45, 2.75) is 72.0 Å². The van der Waals surface area contributed by atoms with Crippen LogP contribution in [0.5, 0.6) is 11.5 Å². The van der Waals surface area contributed by atoms with Gasteiger partial charge in [-0.2, -0.15) is 0 Å². The van der Waals surface area contributed by atoms with E-state index in [0.29, 0.717) is 0 Å². The van der Waals surface area contributed by atoms with E-state index < -0.39 is 0 Å². The molecule has 0 N–H and O–H groups in total. The summed E-state index contributed by atoms with van der Waals surface area (Å²) in [5, 5.41) is 4.40. The highest BCUT2D eigenvalue weighted by Gasteiger charge is 2.54. The second-order valence-corrected chi connectivity index (χ2v) is 22.0. The summed E-state index contributed by atoms with van der Waals surface area (Å²) in [6, 6.07) is 57.0. The molecule has 2 aromatic heterocycles. The number of anilines is 3. The Hall–Kier alpha value is -6.99. The van der Waals surface area contributed by atoms with Gasteiger partial charge in [-0.25, -0.2) is 0 Å². The van der Waals surface area contributed by atoms with Crippen LogP contribution in [0.1, 0.15) is 50.7 Å². The monoisotopic (exact) mass is 935 g/mol. The molecule has 0 aliphatic carbocycles. The molecule has 0 atom stereocenters. The lowest BCUT2D eigenvalue weighted by Crippen LogP contribution is -2.67. The van der Waals surface area contributed by atoms with Crippen molar-refractivity contribution >= 4 is 131 Å². The zero-order chi connectivity index (χ0) is 45.9. The molecule has 11 aromatic rings. The number of furan rings is 2. The Bertz CT molecular complexity index is 3850. The first-order chi connectivity index (χ1) is 34.6. The van der Waals surface area contributed by atoms with E-state index in [1.54, 1.807) is 0 Å². The number of rotatable bonds is 8. The first-order valence-corrected chi connectivity index (χ1v) is 26.7. The van der Waals surface area contributed by atoms with Gasteiger partial charge in [0.2, 0.25) is 13.4 Å². The van der Waals surface area contributed by atoms with Gasteiger partial charge in [-0.15, -0.1) is 0 Å². The van der Waals surface area contributed by atoms with E-state index in [4.69, 9.17) is 13.6 Å². The Morgan fingerprint density at radius 1 is 0.457 bits per heavy atom. The Morgan fingerprint density at radius 2 is 0.943 bits per heavy atom. The number of hydrogen-bond acceptors (Lipinski definition) is 6. The fourth-order valence-corrected chi connectivity index (χ4v) is 15.5. The van der Waals surface area contributed by atoms with Crippen molar-refractivity contribution in [3.8, 4) is 33.8 Å². The molecule has 70 heavy (non-hydrogen) atoms. The minimum Gasteiger partial charge on any atom is -0.452 e. The van der Waals surface area contributed by atoms with E-state index in [1.807, 2.05) is 23.5 Å². The van der Waals surface area contributed by atoms with Crippen LogP contribution in [-0.2, 0) is 12.8 Å². The molecule has 5 aliphatic heterocycles. The van der Waals surface area contributed by atoms with Crippen LogP contribution < -0.4 is 42.4 Å². The highest BCUT2D eigenvalue weighted by atomic mass is 32.2. The molecule has 0 radical (unpaired) electrons. The zero-order valence-electron chi connectivity index (χ0n) is 38.8. The predicted molar refractivity (Wildman–Crippen MR) is 294 cm³/mol. The molecule has 0 spiro atoms. The van der Waals surface area contributed by atoms with Gasteiger partial charge in [-0.1, -0.05) is 195 Å². The normalized spacial score (nSPS) is 14.1. The predicted octanol–water partition coefficient (Wildman–Crippen LogP) is 13.7. The van der Waals surface area contributed by atoms with Crippen molar-refractivity contribution in [2.24, 2.45) is 0 Å². The molecule has 16 rings (SSSR count). The van der Waals surface area contributed by atoms with Gasteiger partial charge in [0.25, 0.3) is 0 Å². The van der Waals surface area contributed by atoms with E-state index in [0.717, 1.165) is 105 Å². The number of nitrogens with zero attached hydrogens (tertiary/aromatic N) is 1. The summed E-state index contributed by atoms with van der Waals surface area (Å²) in [5.74, 6) is 1.54. The smallest absolute Gasteiger partial charge is 0.249 e. The third-order valence-corrected chi connectivity index (χ3v) is 18.3. The Morgan fingerprint density at radius 3 is 1.41 bits per heavy atom. The van der Waals surface area contributed by atoms with Crippen molar-refractivity contribution in [1.29, 1.82) is 0 Å². The summed E-state index contributed by atoms with van der Waals surface area (Å²) in [6.45, 7) is 4.41. The first-order valence-electron chi connectivity index (χ1n) is 25.1. The van der Waals surface area contributed by atoms with Crippen LogP contribution in [-0.4, -0.2) is 13.4 Å². The standard InChI is InChI=1S/C62H43B2NO3S2/c1-3-5-15-34-25-27-40-42-31-46-54-59(57(42)66-48(40)29-34)68-60-55-47(32-43-41-28-26-35(16-6-4-2)30-49(41)67-58(43)60)64-45-24-14-22-39(37-19-11-8-12-20-37)62(45)70-51-33-50-52(56(53(51)64)65(54)55)63(46)44-23-13-21-38(61(44)69-50)36-17-9-7-10-18-36/h7-14,17-33H,3-6,15-16H2,1-2H3. The summed E-state index contributed by atoms with van der Waals surface area (Å²) in [4.78, 5) is 7.87. The van der Waals surface area contributed by atoms with Gasteiger partial charge < -0.3 is 18.5 Å². The number of ether oxygens (including phenoxy) is 1. The van der Waals surface area contributed by atoms with E-state index in [9.17, 15) is 0 Å². The third kappa shape index (κ3) is 5.33. The number of unbranched alkanes of at least 4 members (excludes halogenated alkanes) is 2. The van der Waals surface area contributed by atoms with Gasteiger partial charge >= 0.3 is 0 Å². The summed E-state index contributed by atoms with van der Waals surface area (Å²) in [6.07, 6.45) is 6.63. The maximum atomic E-state index is 7.73. The fraction of sp³-hybridized carbons (Fsp3) is 0.129. The van der Waals surface area contributed by atoms with Crippen molar-refractivity contribution in [1.82, 2.24) is 0 Å². The molecule has 0 bridgehead atoms. The molecule has 0 saturated heterocycles. The van der Waals surface area contributed by atoms with Crippen LogP contribution in [0.4, 0.5) is 17.1 Å². The number of hydrogen-bond donors (Lipinski definition) is 0. The first kappa shape index (κ1) is 39.8. The summed E-state index contributed by atoms with van der Waals surface area (Å²) < 4.78 is 22.0. The SMILES string of the molecule is CCCCc1ccc2c(c1)oc1c3c4c(cc12)B1c2cccc(-c5ccccc5)c2Sc2cc5c6c(c21)N4c1c(cc2c(oc4cc(CCCC)ccc42)c1O3)B6c1cccc(-c2ccccc2)c1S5. The summed E-state index contributed by atoms with van der Waals surface area (Å²) in [7, 11) is 0. The van der Waals surface area contributed by atoms with Crippen LogP contribution in [0.25, 0.3) is 66.1 Å². The quantitative estimate of drug-likeness (QED) is 0.141. The maximum absolute atomic E-state index is 7.73. The maximum Gasteiger partial charge on any atom is 0.249 e.